The summed E-state index contributed by atoms with van der Waals surface area (Å²) in [6, 6.07) is 2.63. The second-order valence-electron chi connectivity index (χ2n) is 3.56. The number of methoxy groups -OCH3 is 1. The van der Waals surface area contributed by atoms with Gasteiger partial charge in [0.15, 0.2) is 0 Å². The topological polar surface area (TPSA) is 76.4 Å². The van der Waals surface area contributed by atoms with Crippen LogP contribution in [-0.2, 0) is 4.79 Å². The molecule has 1 aromatic rings. The molecule has 5 nitrogen and oxygen atoms in total. The molecule has 0 bridgehead atoms. The molecular weight excluding hydrogens is 242 g/mol. The normalized spacial score (nSPS) is 12.1. The Kier molecular flexibility index (Phi) is 4.74. The van der Waals surface area contributed by atoms with Crippen molar-refractivity contribution in [2.45, 2.75) is 13.0 Å². The van der Waals surface area contributed by atoms with Crippen LogP contribution < -0.4 is 21.3 Å². The minimum atomic E-state index is -0.772. The van der Waals surface area contributed by atoms with Crippen molar-refractivity contribution in [3.8, 4) is 5.75 Å². The molecule has 0 spiro atoms. The molecule has 17 heavy (non-hydrogen) atoms. The average Bonchev–Trinajstić information content (AvgIpc) is 2.31. The van der Waals surface area contributed by atoms with Gasteiger partial charge in [-0.3, -0.25) is 10.2 Å². The molecular formula is C11H16ClN3O2. The highest BCUT2D eigenvalue weighted by atomic mass is 35.5. The number of nitrogens with one attached hydrogen (secondary N) is 2. The van der Waals surface area contributed by atoms with Gasteiger partial charge in [-0.2, -0.15) is 0 Å². The SMILES string of the molecule is CNNC(=O)C(N)c1cc(Cl)c(OC)cc1C. The number of carbonyl (C=O) groups is 1. The highest BCUT2D eigenvalue weighted by molar-refractivity contribution is 6.32. The van der Waals surface area contributed by atoms with E-state index < -0.39 is 6.04 Å². The maximum absolute atomic E-state index is 11.6. The van der Waals surface area contributed by atoms with E-state index in [0.717, 1.165) is 5.56 Å². The summed E-state index contributed by atoms with van der Waals surface area (Å²) in [5.74, 6) is 0.242. The number of ether oxygens (including phenoxy) is 1. The molecule has 6 heteroatoms. The Morgan fingerprint density at radius 2 is 2.18 bits per heavy atom. The van der Waals surface area contributed by atoms with Gasteiger partial charge in [-0.15, -0.1) is 0 Å². The minimum absolute atomic E-state index is 0.322. The first-order chi connectivity index (χ1) is 8.01. The van der Waals surface area contributed by atoms with Crippen LogP contribution in [0, 0.1) is 6.92 Å². The van der Waals surface area contributed by atoms with Crippen molar-refractivity contribution in [1.29, 1.82) is 0 Å². The zero-order valence-electron chi connectivity index (χ0n) is 10.0. The number of carbonyl (C=O) groups excluding carboxylic acids is 1. The third-order valence-corrected chi connectivity index (χ3v) is 2.70. The first-order valence-electron chi connectivity index (χ1n) is 5.07. The van der Waals surface area contributed by atoms with Crippen molar-refractivity contribution >= 4 is 17.5 Å². The Morgan fingerprint density at radius 3 is 2.71 bits per heavy atom. The Bertz CT molecular complexity index is 423. The zero-order valence-corrected chi connectivity index (χ0v) is 10.8. The smallest absolute Gasteiger partial charge is 0.255 e. The lowest BCUT2D eigenvalue weighted by Gasteiger charge is -2.16. The largest absolute Gasteiger partial charge is 0.495 e. The second kappa shape index (κ2) is 5.86. The number of hydrogen-bond donors (Lipinski definition) is 3. The summed E-state index contributed by atoms with van der Waals surface area (Å²) in [7, 11) is 3.13. The molecule has 0 aliphatic heterocycles. The Hall–Kier alpha value is -1.30. The van der Waals surface area contributed by atoms with Crippen molar-refractivity contribution in [3.63, 3.8) is 0 Å². The number of hydrazine groups is 1. The fraction of sp³-hybridized carbons (Fsp3) is 0.364. The van der Waals surface area contributed by atoms with Gasteiger partial charge in [0.25, 0.3) is 5.91 Å². The van der Waals surface area contributed by atoms with Gasteiger partial charge < -0.3 is 10.5 Å². The lowest BCUT2D eigenvalue weighted by molar-refractivity contribution is -0.123. The van der Waals surface area contributed by atoms with Gasteiger partial charge in [0, 0.05) is 7.05 Å². The fourth-order valence-electron chi connectivity index (χ4n) is 1.50. The molecule has 0 saturated carbocycles. The van der Waals surface area contributed by atoms with E-state index in [1.54, 1.807) is 19.2 Å². The summed E-state index contributed by atoms with van der Waals surface area (Å²) >= 11 is 6.00. The number of halogens is 1. The number of nitrogens with two attached hydrogens (primary N) is 1. The maximum atomic E-state index is 11.6. The van der Waals surface area contributed by atoms with Crippen LogP contribution in [0.4, 0.5) is 0 Å². The Balaban J connectivity index is 3.06. The van der Waals surface area contributed by atoms with Crippen molar-refractivity contribution in [2.75, 3.05) is 14.2 Å². The first kappa shape index (κ1) is 13.8. The minimum Gasteiger partial charge on any atom is -0.495 e. The number of aryl methyl sites for hydroxylation is 1. The predicted octanol–water partition coefficient (Wildman–Crippen LogP) is 0.907. The van der Waals surface area contributed by atoms with Crippen LogP contribution in [0.2, 0.25) is 5.02 Å². The molecule has 94 valence electrons. The molecule has 1 aromatic carbocycles. The summed E-state index contributed by atoms with van der Waals surface area (Å²) in [4.78, 5) is 11.6. The van der Waals surface area contributed by atoms with E-state index in [1.807, 2.05) is 6.92 Å². The number of rotatable bonds is 4. The van der Waals surface area contributed by atoms with Crippen LogP contribution in [0.5, 0.6) is 5.75 Å². The number of amides is 1. The Labute approximate surface area is 105 Å². The van der Waals surface area contributed by atoms with Gasteiger partial charge in [-0.05, 0) is 30.2 Å². The molecule has 0 fully saturated rings. The summed E-state index contributed by atoms with van der Waals surface area (Å²) in [5, 5.41) is 0.431. The summed E-state index contributed by atoms with van der Waals surface area (Å²) in [6.45, 7) is 1.85. The van der Waals surface area contributed by atoms with Crippen LogP contribution in [0.3, 0.4) is 0 Å². The second-order valence-corrected chi connectivity index (χ2v) is 3.97. The highest BCUT2D eigenvalue weighted by Gasteiger charge is 2.19. The third-order valence-electron chi connectivity index (χ3n) is 2.41. The highest BCUT2D eigenvalue weighted by Crippen LogP contribution is 2.30. The van der Waals surface area contributed by atoms with Gasteiger partial charge in [0.2, 0.25) is 0 Å². The van der Waals surface area contributed by atoms with Crippen molar-refractivity contribution < 1.29 is 9.53 Å². The van der Waals surface area contributed by atoms with Crippen LogP contribution >= 0.6 is 11.6 Å². The lowest BCUT2D eigenvalue weighted by atomic mass is 10.0. The van der Waals surface area contributed by atoms with E-state index in [4.69, 9.17) is 22.1 Å². The molecule has 1 atom stereocenters. The third kappa shape index (κ3) is 3.09. The van der Waals surface area contributed by atoms with Gasteiger partial charge in [-0.25, -0.2) is 5.43 Å². The first-order valence-corrected chi connectivity index (χ1v) is 5.45. The van der Waals surface area contributed by atoms with E-state index in [9.17, 15) is 4.79 Å². The van der Waals surface area contributed by atoms with Crippen molar-refractivity contribution in [2.24, 2.45) is 5.73 Å². The molecule has 0 heterocycles. The van der Waals surface area contributed by atoms with Gasteiger partial charge >= 0.3 is 0 Å². The molecule has 0 aliphatic rings. The van der Waals surface area contributed by atoms with E-state index in [1.165, 1.54) is 7.11 Å². The van der Waals surface area contributed by atoms with Gasteiger partial charge in [-0.1, -0.05) is 11.6 Å². The van der Waals surface area contributed by atoms with Crippen LogP contribution in [0.25, 0.3) is 0 Å². The summed E-state index contributed by atoms with van der Waals surface area (Å²) < 4.78 is 5.08. The molecule has 1 unspecified atom stereocenters. The van der Waals surface area contributed by atoms with Crippen molar-refractivity contribution in [1.82, 2.24) is 10.9 Å². The summed E-state index contributed by atoms with van der Waals surface area (Å²) in [5.41, 5.74) is 12.3. The van der Waals surface area contributed by atoms with Crippen LogP contribution in [0.1, 0.15) is 17.2 Å². The molecule has 0 aromatic heterocycles. The predicted molar refractivity (Wildman–Crippen MR) is 66.9 cm³/mol. The lowest BCUT2D eigenvalue weighted by Crippen LogP contribution is -2.41. The maximum Gasteiger partial charge on any atom is 0.255 e. The quantitative estimate of drug-likeness (QED) is 0.701. The molecule has 4 N–H and O–H groups in total. The average molecular weight is 258 g/mol. The van der Waals surface area contributed by atoms with E-state index >= 15 is 0 Å². The van der Waals surface area contributed by atoms with E-state index in [2.05, 4.69) is 10.9 Å². The van der Waals surface area contributed by atoms with Crippen LogP contribution in [0.15, 0.2) is 12.1 Å². The van der Waals surface area contributed by atoms with Gasteiger partial charge in [0.1, 0.15) is 11.8 Å². The molecule has 1 rings (SSSR count). The van der Waals surface area contributed by atoms with E-state index in [-0.39, 0.29) is 5.91 Å². The molecule has 0 aliphatic carbocycles. The monoisotopic (exact) mass is 257 g/mol. The van der Waals surface area contributed by atoms with Crippen LogP contribution in [-0.4, -0.2) is 20.1 Å². The number of hydrogen-bond acceptors (Lipinski definition) is 4. The van der Waals surface area contributed by atoms with Crippen molar-refractivity contribution in [3.05, 3.63) is 28.3 Å². The molecule has 1 amide bonds. The van der Waals surface area contributed by atoms with Gasteiger partial charge in [0.05, 0.1) is 12.1 Å². The molecule has 0 saturated heterocycles. The summed E-state index contributed by atoms with van der Waals surface area (Å²) in [6.07, 6.45) is 0. The number of benzene rings is 1. The zero-order chi connectivity index (χ0) is 13.0. The fourth-order valence-corrected chi connectivity index (χ4v) is 1.75. The molecule has 0 radical (unpaired) electrons. The Morgan fingerprint density at radius 1 is 1.53 bits per heavy atom. The van der Waals surface area contributed by atoms with E-state index in [0.29, 0.717) is 16.3 Å². The standard InChI is InChI=1S/C11H16ClN3O2/c1-6-4-9(17-3)8(12)5-7(6)10(13)11(16)15-14-2/h4-5,10,14H,13H2,1-3H3,(H,15,16).